The van der Waals surface area contributed by atoms with Crippen molar-refractivity contribution in [1.29, 1.82) is 0 Å². The van der Waals surface area contributed by atoms with Crippen molar-refractivity contribution in [3.63, 3.8) is 0 Å². The predicted octanol–water partition coefficient (Wildman–Crippen LogP) is 1.32. The Morgan fingerprint density at radius 1 is 0.850 bits per heavy atom. The van der Waals surface area contributed by atoms with Crippen LogP contribution in [0.5, 0.6) is 0 Å². The summed E-state index contributed by atoms with van der Waals surface area (Å²) in [5, 5.41) is 5.57. The van der Waals surface area contributed by atoms with Gasteiger partial charge in [0.2, 0.25) is 11.8 Å². The number of hydrogen-bond donors (Lipinski definition) is 3. The van der Waals surface area contributed by atoms with Crippen molar-refractivity contribution in [3.8, 4) is 0 Å². The zero-order valence-corrected chi connectivity index (χ0v) is 33.2. The highest BCUT2D eigenvalue weighted by Gasteiger charge is 2.45. The molecule has 2 aromatic carbocycles. The molecular weight excluding hydrogens is 771 g/mol. The molecule has 18 nitrogen and oxygen atoms in total. The Bertz CT molecular complexity index is 2310. The third-order valence-corrected chi connectivity index (χ3v) is 13.1. The van der Waals surface area contributed by atoms with Crippen molar-refractivity contribution < 1.29 is 33.5 Å². The van der Waals surface area contributed by atoms with E-state index in [4.69, 9.17) is 15.5 Å². The van der Waals surface area contributed by atoms with Gasteiger partial charge in [0.25, 0.3) is 17.7 Å². The predicted molar refractivity (Wildman–Crippen MR) is 217 cm³/mol. The fourth-order valence-corrected chi connectivity index (χ4v) is 9.77. The number of nitrogens with zero attached hydrogens (tertiary/aromatic N) is 8. The lowest BCUT2D eigenvalue weighted by molar-refractivity contribution is -0.136. The topological polar surface area (TPSA) is 207 Å². The van der Waals surface area contributed by atoms with Crippen LogP contribution < -0.4 is 26.2 Å². The Hall–Kier alpha value is -6.14. The van der Waals surface area contributed by atoms with Gasteiger partial charge >= 0.3 is 6.03 Å². The third-order valence-electron chi connectivity index (χ3n) is 13.1. The lowest BCUT2D eigenvalue weighted by Gasteiger charge is -2.44. The summed E-state index contributed by atoms with van der Waals surface area (Å²) in [7, 11) is 0. The van der Waals surface area contributed by atoms with Crippen LogP contribution in [0.15, 0.2) is 42.6 Å². The summed E-state index contributed by atoms with van der Waals surface area (Å²) in [5.41, 5.74) is 10.5. The first-order valence-electron chi connectivity index (χ1n) is 20.9. The summed E-state index contributed by atoms with van der Waals surface area (Å²) >= 11 is 0. The van der Waals surface area contributed by atoms with Gasteiger partial charge in [-0.2, -0.15) is 0 Å². The van der Waals surface area contributed by atoms with Crippen LogP contribution >= 0.6 is 0 Å². The molecule has 10 rings (SSSR count). The van der Waals surface area contributed by atoms with Crippen LogP contribution in [-0.4, -0.2) is 149 Å². The molecule has 4 N–H and O–H groups in total. The van der Waals surface area contributed by atoms with Gasteiger partial charge < -0.3 is 35.4 Å². The number of hydrogen-bond acceptors (Lipinski definition) is 13. The number of ether oxygens (including phenoxy) is 1. The van der Waals surface area contributed by atoms with E-state index < -0.39 is 35.6 Å². The molecule has 7 amide bonds. The SMILES string of the molecule is NC(=O)c1ncc(N2CCCC(N3CCN(C4COC4)C3=O)C2)nc1Nc1ccc2c(c1)CCN(CC1CN(c3ccc4c(c3)C(=O)N(C3CCC(=O)NC3=O)C4=O)C1)C2. The summed E-state index contributed by atoms with van der Waals surface area (Å²) in [4.78, 5) is 97.3. The van der Waals surface area contributed by atoms with E-state index in [1.807, 2.05) is 21.9 Å². The molecule has 312 valence electrons. The van der Waals surface area contributed by atoms with Crippen LogP contribution in [-0.2, 0) is 27.3 Å². The maximum absolute atomic E-state index is 13.3. The number of urea groups is 1. The second kappa shape index (κ2) is 15.2. The molecule has 8 heterocycles. The highest BCUT2D eigenvalue weighted by Crippen LogP contribution is 2.35. The van der Waals surface area contributed by atoms with Gasteiger partial charge in [-0.15, -0.1) is 0 Å². The van der Waals surface area contributed by atoms with Gasteiger partial charge in [-0.1, -0.05) is 6.07 Å². The summed E-state index contributed by atoms with van der Waals surface area (Å²) in [6.45, 7) is 8.26. The van der Waals surface area contributed by atoms with Gasteiger partial charge in [-0.25, -0.2) is 14.8 Å². The Labute approximate surface area is 346 Å². The van der Waals surface area contributed by atoms with E-state index in [2.05, 4.69) is 42.5 Å². The number of fused-ring (bicyclic) bond motifs is 2. The van der Waals surface area contributed by atoms with Gasteiger partial charge in [0.15, 0.2) is 11.5 Å². The molecule has 5 saturated heterocycles. The number of rotatable bonds is 10. The number of piperidine rings is 2. The van der Waals surface area contributed by atoms with Gasteiger partial charge in [0.1, 0.15) is 11.9 Å². The Morgan fingerprint density at radius 2 is 1.65 bits per heavy atom. The van der Waals surface area contributed by atoms with E-state index in [1.54, 1.807) is 18.3 Å². The largest absolute Gasteiger partial charge is 0.377 e. The number of nitrogens with one attached hydrogen (secondary N) is 2. The first-order valence-corrected chi connectivity index (χ1v) is 20.9. The van der Waals surface area contributed by atoms with E-state index in [-0.39, 0.29) is 47.8 Å². The van der Waals surface area contributed by atoms with E-state index in [9.17, 15) is 28.8 Å². The molecule has 0 radical (unpaired) electrons. The summed E-state index contributed by atoms with van der Waals surface area (Å²) < 4.78 is 5.32. The maximum atomic E-state index is 13.3. The lowest BCUT2D eigenvalue weighted by atomic mass is 9.94. The number of aromatic nitrogens is 2. The first kappa shape index (κ1) is 38.1. The van der Waals surface area contributed by atoms with Gasteiger partial charge in [0.05, 0.1) is 42.6 Å². The van der Waals surface area contributed by atoms with E-state index in [0.717, 1.165) is 74.8 Å². The smallest absolute Gasteiger partial charge is 0.320 e. The number of anilines is 4. The summed E-state index contributed by atoms with van der Waals surface area (Å²) in [6.07, 6.45) is 4.47. The van der Waals surface area contributed by atoms with Crippen molar-refractivity contribution in [1.82, 2.24) is 34.9 Å². The minimum absolute atomic E-state index is 0.0565. The number of carbonyl (C=O) groups excluding carboxylic acids is 6. The Balaban J connectivity index is 0.747. The van der Waals surface area contributed by atoms with Gasteiger partial charge in [0, 0.05) is 82.6 Å². The normalized spacial score (nSPS) is 23.7. The Morgan fingerprint density at radius 3 is 2.42 bits per heavy atom. The highest BCUT2D eigenvalue weighted by atomic mass is 16.5. The highest BCUT2D eigenvalue weighted by molar-refractivity contribution is 6.23. The number of primary amides is 1. The molecule has 0 bridgehead atoms. The van der Waals surface area contributed by atoms with Crippen LogP contribution in [0.2, 0.25) is 0 Å². The molecule has 60 heavy (non-hydrogen) atoms. The molecular formula is C42H47N11O7. The lowest BCUT2D eigenvalue weighted by Crippen LogP contribution is -2.54. The van der Waals surface area contributed by atoms with Gasteiger partial charge in [-0.05, 0) is 67.1 Å². The Kier molecular flexibility index (Phi) is 9.62. The number of amides is 7. The molecule has 5 fully saturated rings. The quantitative estimate of drug-likeness (QED) is 0.247. The van der Waals surface area contributed by atoms with Crippen LogP contribution in [0.1, 0.15) is 68.0 Å². The monoisotopic (exact) mass is 817 g/mol. The van der Waals surface area contributed by atoms with Crippen LogP contribution in [0, 0.1) is 5.92 Å². The van der Waals surface area contributed by atoms with E-state index >= 15 is 0 Å². The summed E-state index contributed by atoms with van der Waals surface area (Å²) in [6, 6.07) is 10.8. The molecule has 0 aliphatic carbocycles. The van der Waals surface area contributed by atoms with Crippen LogP contribution in [0.4, 0.5) is 27.8 Å². The van der Waals surface area contributed by atoms with Crippen molar-refractivity contribution in [2.45, 2.75) is 56.8 Å². The van der Waals surface area contributed by atoms with Crippen molar-refractivity contribution in [2.75, 3.05) is 80.7 Å². The molecule has 3 aromatic rings. The second-order valence-electron chi connectivity index (χ2n) is 16.9. The number of carbonyl (C=O) groups is 6. The maximum Gasteiger partial charge on any atom is 0.320 e. The average molecular weight is 818 g/mol. The molecule has 2 unspecified atom stereocenters. The molecule has 7 aliphatic heterocycles. The average Bonchev–Trinajstić information content (AvgIpc) is 3.70. The molecule has 0 spiro atoms. The fraction of sp³-hybridized carbons (Fsp3) is 0.476. The third kappa shape index (κ3) is 6.86. The van der Waals surface area contributed by atoms with Crippen molar-refractivity contribution >= 4 is 58.6 Å². The fourth-order valence-electron chi connectivity index (χ4n) is 9.77. The van der Waals surface area contributed by atoms with E-state index in [1.165, 1.54) is 11.1 Å². The van der Waals surface area contributed by atoms with Crippen LogP contribution in [0.3, 0.4) is 0 Å². The van der Waals surface area contributed by atoms with Crippen molar-refractivity contribution in [3.05, 3.63) is 70.5 Å². The molecule has 0 saturated carbocycles. The number of nitrogens with two attached hydrogens (primary N) is 1. The molecule has 2 atom stereocenters. The minimum Gasteiger partial charge on any atom is -0.377 e. The summed E-state index contributed by atoms with van der Waals surface area (Å²) in [5.74, 6) is -1.34. The van der Waals surface area contributed by atoms with Crippen LogP contribution in [0.25, 0.3) is 0 Å². The second-order valence-corrected chi connectivity index (χ2v) is 16.9. The molecule has 1 aromatic heterocycles. The number of benzene rings is 2. The first-order chi connectivity index (χ1) is 29.1. The zero-order chi connectivity index (χ0) is 41.2. The standard InChI is InChI=1S/C42H47N11O7/c43-37(55)36-38(46-34(16-44-36)49-10-1-2-29(21-49)51-12-13-52(42(51)59)30-22-60-23-30)45-27-4-3-26-20-48(11-9-25(26)14-27)17-24-18-50(19-24)28-5-6-31-32(15-28)41(58)53(40(31)57)33-7-8-35(54)47-39(33)56/h3-6,14-16,24,29-30,33H,1-2,7-13,17-23H2,(H2,43,55)(H,45,46)(H,47,54,56). The molecule has 7 aliphatic rings. The van der Waals surface area contributed by atoms with E-state index in [0.29, 0.717) is 50.4 Å². The minimum atomic E-state index is -0.987. The zero-order valence-electron chi connectivity index (χ0n) is 33.2. The van der Waals surface area contributed by atoms with Crippen molar-refractivity contribution in [2.24, 2.45) is 11.7 Å². The van der Waals surface area contributed by atoms with Gasteiger partial charge in [-0.3, -0.25) is 39.1 Å². The molecule has 18 heteroatoms. The number of imide groups is 2.